The molecule has 1 aliphatic rings. The largest absolute Gasteiger partial charge is 0.338 e. The van der Waals surface area contributed by atoms with E-state index in [-0.39, 0.29) is 5.91 Å². The van der Waals surface area contributed by atoms with Gasteiger partial charge in [0.2, 0.25) is 0 Å². The highest BCUT2D eigenvalue weighted by atomic mass is 32.1. The first kappa shape index (κ1) is 20.0. The van der Waals surface area contributed by atoms with Gasteiger partial charge in [-0.1, -0.05) is 48.5 Å². The van der Waals surface area contributed by atoms with Crippen molar-refractivity contribution in [3.8, 4) is 5.69 Å². The van der Waals surface area contributed by atoms with Crippen molar-refractivity contribution < 1.29 is 4.79 Å². The van der Waals surface area contributed by atoms with Crippen molar-refractivity contribution in [3.63, 3.8) is 0 Å². The quantitative estimate of drug-likeness (QED) is 0.411. The molecule has 0 bridgehead atoms. The zero-order valence-corrected chi connectivity index (χ0v) is 18.9. The summed E-state index contributed by atoms with van der Waals surface area (Å²) < 4.78 is 1.99. The molecule has 1 fully saturated rings. The lowest BCUT2D eigenvalue weighted by Gasteiger charge is -2.31. The third-order valence-corrected chi connectivity index (χ3v) is 7.47. The Morgan fingerprint density at radius 1 is 1.03 bits per heavy atom. The van der Waals surface area contributed by atoms with E-state index >= 15 is 0 Å². The highest BCUT2D eigenvalue weighted by Crippen LogP contribution is 2.33. The van der Waals surface area contributed by atoms with Gasteiger partial charge in [0.25, 0.3) is 5.91 Å². The second kappa shape index (κ2) is 8.31. The van der Waals surface area contributed by atoms with E-state index in [1.807, 2.05) is 34.7 Å². The Balaban J connectivity index is 1.33. The predicted octanol–water partition coefficient (Wildman–Crippen LogP) is 5.80. The van der Waals surface area contributed by atoms with Crippen molar-refractivity contribution in [1.29, 1.82) is 0 Å². The van der Waals surface area contributed by atoms with Gasteiger partial charge in [0, 0.05) is 18.5 Å². The van der Waals surface area contributed by atoms with Gasteiger partial charge in [-0.05, 0) is 62.3 Å². The lowest BCUT2D eigenvalue weighted by Crippen LogP contribution is -2.38. The second-order valence-electron chi connectivity index (χ2n) is 8.54. The molecule has 0 unspecified atom stereocenters. The Hall–Kier alpha value is -2.92. The number of rotatable bonds is 4. The molecular weight excluding hydrogens is 402 g/mol. The Morgan fingerprint density at radius 2 is 1.74 bits per heavy atom. The molecule has 1 aliphatic heterocycles. The Bertz CT molecular complexity index is 1220. The summed E-state index contributed by atoms with van der Waals surface area (Å²) in [5, 5.41) is 5.83. The number of aryl methyl sites for hydroxylation is 2. The van der Waals surface area contributed by atoms with Gasteiger partial charge in [0.05, 0.1) is 16.3 Å². The van der Waals surface area contributed by atoms with Crippen LogP contribution in [0.25, 0.3) is 15.9 Å². The van der Waals surface area contributed by atoms with Crippen LogP contribution in [0.2, 0.25) is 0 Å². The molecule has 0 atom stereocenters. The maximum Gasteiger partial charge on any atom is 0.264 e. The topological polar surface area (TPSA) is 38.1 Å². The molecule has 4 aromatic rings. The summed E-state index contributed by atoms with van der Waals surface area (Å²) in [6, 6.07) is 21.0. The molecule has 1 saturated heterocycles. The summed E-state index contributed by atoms with van der Waals surface area (Å²) in [5.41, 5.74) is 4.61. The third kappa shape index (κ3) is 3.90. The number of hydrogen-bond donors (Lipinski definition) is 0. The number of hydrogen-bond acceptors (Lipinski definition) is 3. The van der Waals surface area contributed by atoms with Crippen LogP contribution in [-0.4, -0.2) is 33.7 Å². The SMILES string of the molecule is Cc1ccccc1-n1nc(C)c2cc(C(=O)N3CCC(Cc4ccccc4)CC3)sc21. The first-order valence-corrected chi connectivity index (χ1v) is 11.8. The fourth-order valence-corrected chi connectivity index (χ4v) is 5.70. The fraction of sp³-hybridized carbons (Fsp3) is 0.308. The zero-order chi connectivity index (χ0) is 21.4. The highest BCUT2D eigenvalue weighted by molar-refractivity contribution is 7.20. The van der Waals surface area contributed by atoms with Gasteiger partial charge in [0.1, 0.15) is 4.83 Å². The van der Waals surface area contributed by atoms with Crippen molar-refractivity contribution in [1.82, 2.24) is 14.7 Å². The smallest absolute Gasteiger partial charge is 0.264 e. The number of piperidine rings is 1. The minimum Gasteiger partial charge on any atom is -0.338 e. The van der Waals surface area contributed by atoms with Crippen LogP contribution < -0.4 is 0 Å². The van der Waals surface area contributed by atoms with Crippen LogP contribution in [-0.2, 0) is 6.42 Å². The van der Waals surface area contributed by atoms with Crippen LogP contribution in [0.4, 0.5) is 0 Å². The van der Waals surface area contributed by atoms with Crippen molar-refractivity contribution >= 4 is 27.5 Å². The van der Waals surface area contributed by atoms with Crippen LogP contribution in [0, 0.1) is 19.8 Å². The van der Waals surface area contributed by atoms with Gasteiger partial charge in [-0.15, -0.1) is 11.3 Å². The van der Waals surface area contributed by atoms with E-state index in [9.17, 15) is 4.79 Å². The van der Waals surface area contributed by atoms with Crippen LogP contribution in [0.5, 0.6) is 0 Å². The monoisotopic (exact) mass is 429 g/mol. The summed E-state index contributed by atoms with van der Waals surface area (Å²) in [6.07, 6.45) is 3.25. The number of aromatic nitrogens is 2. The van der Waals surface area contributed by atoms with Gasteiger partial charge in [-0.3, -0.25) is 4.79 Å². The summed E-state index contributed by atoms with van der Waals surface area (Å²) in [6.45, 7) is 5.80. The number of amides is 1. The maximum atomic E-state index is 13.3. The van der Waals surface area contributed by atoms with E-state index in [2.05, 4.69) is 49.4 Å². The molecule has 0 spiro atoms. The molecule has 5 rings (SSSR count). The van der Waals surface area contributed by atoms with Crippen LogP contribution in [0.1, 0.15) is 39.3 Å². The number of para-hydroxylation sites is 1. The first-order valence-electron chi connectivity index (χ1n) is 11.0. The van der Waals surface area contributed by atoms with Crippen molar-refractivity contribution in [2.24, 2.45) is 5.92 Å². The van der Waals surface area contributed by atoms with Crippen molar-refractivity contribution in [3.05, 3.63) is 82.4 Å². The second-order valence-corrected chi connectivity index (χ2v) is 9.57. The van der Waals surface area contributed by atoms with Gasteiger partial charge in [-0.2, -0.15) is 5.10 Å². The molecule has 3 heterocycles. The van der Waals surface area contributed by atoms with Crippen LogP contribution >= 0.6 is 11.3 Å². The van der Waals surface area contributed by atoms with Gasteiger partial charge < -0.3 is 4.90 Å². The minimum absolute atomic E-state index is 0.162. The Labute approximate surface area is 187 Å². The molecule has 2 aromatic heterocycles. The van der Waals surface area contributed by atoms with Crippen LogP contribution in [0.3, 0.4) is 0 Å². The highest BCUT2D eigenvalue weighted by Gasteiger charge is 2.26. The van der Waals surface area contributed by atoms with Gasteiger partial charge in [-0.25, -0.2) is 4.68 Å². The number of likely N-dealkylation sites (tertiary alicyclic amines) is 1. The number of carbonyl (C=O) groups excluding carboxylic acids is 1. The predicted molar refractivity (Wildman–Crippen MR) is 127 cm³/mol. The molecule has 4 nitrogen and oxygen atoms in total. The Morgan fingerprint density at radius 3 is 2.48 bits per heavy atom. The molecule has 1 amide bonds. The first-order chi connectivity index (χ1) is 15.1. The molecular formula is C26H27N3OS. The lowest BCUT2D eigenvalue weighted by molar-refractivity contribution is 0.0695. The summed E-state index contributed by atoms with van der Waals surface area (Å²) in [7, 11) is 0. The van der Waals surface area contributed by atoms with E-state index in [0.29, 0.717) is 5.92 Å². The lowest BCUT2D eigenvalue weighted by atomic mass is 9.90. The molecule has 0 aliphatic carbocycles. The maximum absolute atomic E-state index is 13.3. The molecule has 0 N–H and O–H groups in total. The Kier molecular flexibility index (Phi) is 5.36. The van der Waals surface area contributed by atoms with E-state index in [1.165, 1.54) is 11.1 Å². The number of benzene rings is 2. The molecule has 5 heteroatoms. The summed E-state index contributed by atoms with van der Waals surface area (Å²) in [4.78, 5) is 17.2. The number of carbonyl (C=O) groups is 1. The summed E-state index contributed by atoms with van der Waals surface area (Å²) in [5.74, 6) is 0.820. The standard InChI is InChI=1S/C26H27N3OS/c1-18-8-6-7-11-23(18)29-26-22(19(2)27-29)17-24(31-26)25(30)28-14-12-21(13-15-28)16-20-9-4-3-5-10-20/h3-11,17,21H,12-16H2,1-2H3. The summed E-state index contributed by atoms with van der Waals surface area (Å²) >= 11 is 1.56. The van der Waals surface area contributed by atoms with Crippen molar-refractivity contribution in [2.45, 2.75) is 33.1 Å². The molecule has 31 heavy (non-hydrogen) atoms. The molecule has 2 aromatic carbocycles. The van der Waals surface area contributed by atoms with Crippen LogP contribution in [0.15, 0.2) is 60.7 Å². The van der Waals surface area contributed by atoms with Gasteiger partial charge >= 0.3 is 0 Å². The van der Waals surface area contributed by atoms with Gasteiger partial charge in [0.15, 0.2) is 0 Å². The number of nitrogens with zero attached hydrogens (tertiary/aromatic N) is 3. The number of thiophene rings is 1. The average Bonchev–Trinajstić information content (AvgIpc) is 3.36. The number of fused-ring (bicyclic) bond motifs is 1. The van der Waals surface area contributed by atoms with E-state index in [4.69, 9.17) is 5.10 Å². The third-order valence-electron chi connectivity index (χ3n) is 6.37. The minimum atomic E-state index is 0.162. The van der Waals surface area contributed by atoms with E-state index < -0.39 is 0 Å². The molecule has 0 radical (unpaired) electrons. The zero-order valence-electron chi connectivity index (χ0n) is 18.0. The normalized spacial score (nSPS) is 15.0. The van der Waals surface area contributed by atoms with E-state index in [1.54, 1.807) is 11.3 Å². The van der Waals surface area contributed by atoms with Crippen molar-refractivity contribution in [2.75, 3.05) is 13.1 Å². The molecule has 158 valence electrons. The molecule has 0 saturated carbocycles. The van der Waals surface area contributed by atoms with E-state index in [0.717, 1.165) is 58.8 Å². The average molecular weight is 430 g/mol. The fourth-order valence-electron chi connectivity index (χ4n) is 4.56.